The van der Waals surface area contributed by atoms with Crippen molar-refractivity contribution >= 4 is 5.69 Å². The molecule has 2 nitrogen and oxygen atoms in total. The molecule has 1 aliphatic rings. The minimum absolute atomic E-state index is 0.486. The van der Waals surface area contributed by atoms with Gasteiger partial charge in [-0.25, -0.2) is 0 Å². The molecular weight excluding hydrogens is 196 g/mol. The molecule has 0 aromatic heterocycles. The Labute approximate surface area is 97.5 Å². The van der Waals surface area contributed by atoms with Gasteiger partial charge in [-0.15, -0.1) is 0 Å². The second-order valence-corrected chi connectivity index (χ2v) is 4.74. The first-order valence-corrected chi connectivity index (χ1v) is 6.01. The molecule has 0 bridgehead atoms. The number of hydrogen-bond acceptors (Lipinski definition) is 2. The summed E-state index contributed by atoms with van der Waals surface area (Å²) in [6, 6.07) is 8.63. The van der Waals surface area contributed by atoms with Gasteiger partial charge in [0.05, 0.1) is 11.3 Å². The van der Waals surface area contributed by atoms with Crippen LogP contribution < -0.4 is 4.90 Å². The predicted molar refractivity (Wildman–Crippen MR) is 66.7 cm³/mol. The lowest BCUT2D eigenvalue weighted by atomic mass is 10.00. The van der Waals surface area contributed by atoms with Crippen molar-refractivity contribution in [3.63, 3.8) is 0 Å². The van der Waals surface area contributed by atoms with Crippen molar-refractivity contribution in [1.29, 1.82) is 5.26 Å². The van der Waals surface area contributed by atoms with E-state index < -0.39 is 0 Å². The van der Waals surface area contributed by atoms with Crippen LogP contribution in [0.3, 0.4) is 0 Å². The Balaban J connectivity index is 2.35. The summed E-state index contributed by atoms with van der Waals surface area (Å²) in [5.41, 5.74) is 3.19. The fourth-order valence-corrected chi connectivity index (χ4v) is 2.24. The van der Waals surface area contributed by atoms with Gasteiger partial charge in [-0.05, 0) is 36.5 Å². The summed E-state index contributed by atoms with van der Waals surface area (Å²) in [4.78, 5) is 2.32. The highest BCUT2D eigenvalue weighted by Gasteiger charge is 2.16. The van der Waals surface area contributed by atoms with Gasteiger partial charge in [-0.1, -0.05) is 19.9 Å². The van der Waals surface area contributed by atoms with Crippen LogP contribution in [0.4, 0.5) is 5.69 Å². The maximum atomic E-state index is 9.21. The summed E-state index contributed by atoms with van der Waals surface area (Å²) in [5, 5.41) is 9.21. The third-order valence-electron chi connectivity index (χ3n) is 3.25. The second-order valence-electron chi connectivity index (χ2n) is 4.74. The molecule has 1 fully saturated rings. The average Bonchev–Trinajstić information content (AvgIpc) is 2.81. The molecule has 84 valence electrons. The Morgan fingerprint density at radius 2 is 1.94 bits per heavy atom. The van der Waals surface area contributed by atoms with E-state index in [0.29, 0.717) is 5.92 Å². The van der Waals surface area contributed by atoms with E-state index in [0.717, 1.165) is 24.3 Å². The molecule has 2 heteroatoms. The molecule has 0 N–H and O–H groups in total. The van der Waals surface area contributed by atoms with Crippen LogP contribution in [-0.4, -0.2) is 13.1 Å². The second kappa shape index (κ2) is 4.57. The van der Waals surface area contributed by atoms with Crippen molar-refractivity contribution in [2.24, 2.45) is 0 Å². The largest absolute Gasteiger partial charge is 0.370 e. The van der Waals surface area contributed by atoms with Crippen molar-refractivity contribution in [1.82, 2.24) is 0 Å². The minimum Gasteiger partial charge on any atom is -0.370 e. The lowest BCUT2D eigenvalue weighted by molar-refractivity contribution is 0.863. The van der Waals surface area contributed by atoms with Crippen molar-refractivity contribution < 1.29 is 0 Å². The Hall–Kier alpha value is -1.49. The quantitative estimate of drug-likeness (QED) is 0.755. The molecule has 1 aromatic carbocycles. The van der Waals surface area contributed by atoms with Crippen LogP contribution in [0.5, 0.6) is 0 Å². The zero-order chi connectivity index (χ0) is 11.5. The maximum Gasteiger partial charge on any atom is 0.101 e. The number of benzene rings is 1. The maximum absolute atomic E-state index is 9.21. The summed E-state index contributed by atoms with van der Waals surface area (Å²) in [7, 11) is 0. The smallest absolute Gasteiger partial charge is 0.101 e. The first-order valence-electron chi connectivity index (χ1n) is 6.01. The summed E-state index contributed by atoms with van der Waals surface area (Å²) >= 11 is 0. The van der Waals surface area contributed by atoms with Gasteiger partial charge in [0.15, 0.2) is 0 Å². The number of anilines is 1. The van der Waals surface area contributed by atoms with E-state index in [4.69, 9.17) is 0 Å². The predicted octanol–water partition coefficient (Wildman–Crippen LogP) is 3.28. The van der Waals surface area contributed by atoms with Gasteiger partial charge < -0.3 is 4.90 Å². The molecule has 0 aliphatic carbocycles. The Bertz CT molecular complexity index is 409. The molecule has 1 aromatic rings. The highest BCUT2D eigenvalue weighted by Crippen LogP contribution is 2.27. The Morgan fingerprint density at radius 1 is 1.25 bits per heavy atom. The first kappa shape index (κ1) is 11.0. The van der Waals surface area contributed by atoms with Gasteiger partial charge in [0.2, 0.25) is 0 Å². The topological polar surface area (TPSA) is 27.0 Å². The summed E-state index contributed by atoms with van der Waals surface area (Å²) < 4.78 is 0. The molecule has 2 rings (SSSR count). The summed E-state index contributed by atoms with van der Waals surface area (Å²) in [6.45, 7) is 6.50. The fraction of sp³-hybridized carbons (Fsp3) is 0.500. The van der Waals surface area contributed by atoms with E-state index in [1.807, 2.05) is 6.07 Å². The molecule has 0 radical (unpaired) electrons. The van der Waals surface area contributed by atoms with Crippen LogP contribution in [-0.2, 0) is 0 Å². The molecule has 0 spiro atoms. The monoisotopic (exact) mass is 214 g/mol. The number of hydrogen-bond donors (Lipinski definition) is 0. The van der Waals surface area contributed by atoms with Crippen molar-refractivity contribution in [3.05, 3.63) is 29.3 Å². The van der Waals surface area contributed by atoms with Crippen molar-refractivity contribution in [3.8, 4) is 6.07 Å². The van der Waals surface area contributed by atoms with Crippen molar-refractivity contribution in [2.45, 2.75) is 32.6 Å². The van der Waals surface area contributed by atoms with Crippen LogP contribution in [0.2, 0.25) is 0 Å². The zero-order valence-electron chi connectivity index (χ0n) is 10.0. The van der Waals surface area contributed by atoms with Crippen LogP contribution >= 0.6 is 0 Å². The Kier molecular flexibility index (Phi) is 3.14. The van der Waals surface area contributed by atoms with Gasteiger partial charge in [0, 0.05) is 13.1 Å². The van der Waals surface area contributed by atoms with Crippen LogP contribution in [0, 0.1) is 11.3 Å². The molecule has 1 heterocycles. The third-order valence-corrected chi connectivity index (χ3v) is 3.25. The van der Waals surface area contributed by atoms with E-state index >= 15 is 0 Å². The van der Waals surface area contributed by atoms with Gasteiger partial charge in [0.25, 0.3) is 0 Å². The zero-order valence-corrected chi connectivity index (χ0v) is 10.0. The standard InChI is InChI=1S/C14H18N2/c1-11(2)12-5-6-14(13(9-12)10-15)16-7-3-4-8-16/h5-6,9,11H,3-4,7-8H2,1-2H3. The number of nitriles is 1. The van der Waals surface area contributed by atoms with E-state index in [9.17, 15) is 5.26 Å². The van der Waals surface area contributed by atoms with Gasteiger partial charge in [-0.3, -0.25) is 0 Å². The average molecular weight is 214 g/mol. The van der Waals surface area contributed by atoms with E-state index in [2.05, 4.69) is 36.9 Å². The van der Waals surface area contributed by atoms with Crippen LogP contribution in [0.1, 0.15) is 43.7 Å². The van der Waals surface area contributed by atoms with E-state index in [-0.39, 0.29) is 0 Å². The summed E-state index contributed by atoms with van der Waals surface area (Å²) in [6.07, 6.45) is 2.49. The third kappa shape index (κ3) is 2.04. The minimum atomic E-state index is 0.486. The van der Waals surface area contributed by atoms with Gasteiger partial charge >= 0.3 is 0 Å². The molecule has 0 amide bonds. The highest BCUT2D eigenvalue weighted by molar-refractivity contribution is 5.61. The molecule has 0 atom stereocenters. The molecule has 0 unspecified atom stereocenters. The number of rotatable bonds is 2. The number of nitrogens with zero attached hydrogens (tertiary/aromatic N) is 2. The molecule has 1 saturated heterocycles. The molecular formula is C14H18N2. The van der Waals surface area contributed by atoms with E-state index in [1.54, 1.807) is 0 Å². The lowest BCUT2D eigenvalue weighted by Crippen LogP contribution is -2.18. The normalized spacial score (nSPS) is 15.5. The van der Waals surface area contributed by atoms with Crippen LogP contribution in [0.15, 0.2) is 18.2 Å². The van der Waals surface area contributed by atoms with Gasteiger partial charge in [-0.2, -0.15) is 5.26 Å². The summed E-state index contributed by atoms with van der Waals surface area (Å²) in [5.74, 6) is 0.486. The molecule has 0 saturated carbocycles. The molecule has 16 heavy (non-hydrogen) atoms. The highest BCUT2D eigenvalue weighted by atomic mass is 15.1. The fourth-order valence-electron chi connectivity index (χ4n) is 2.24. The first-order chi connectivity index (χ1) is 7.72. The van der Waals surface area contributed by atoms with Crippen LogP contribution in [0.25, 0.3) is 0 Å². The van der Waals surface area contributed by atoms with Gasteiger partial charge in [0.1, 0.15) is 6.07 Å². The van der Waals surface area contributed by atoms with Crippen molar-refractivity contribution in [2.75, 3.05) is 18.0 Å². The SMILES string of the molecule is CC(C)c1ccc(N2CCCC2)c(C#N)c1. The van der Waals surface area contributed by atoms with E-state index in [1.165, 1.54) is 18.4 Å². The lowest BCUT2D eigenvalue weighted by Gasteiger charge is -2.20. The molecule has 1 aliphatic heterocycles. The Morgan fingerprint density at radius 3 is 2.50 bits per heavy atom.